The highest BCUT2D eigenvalue weighted by atomic mass is 19.2. The van der Waals surface area contributed by atoms with Crippen LogP contribution in [-0.2, 0) is 0 Å². The Morgan fingerprint density at radius 1 is 0.920 bits per heavy atom. The third-order valence-electron chi connectivity index (χ3n) is 6.18. The Bertz CT molecular complexity index is 570. The van der Waals surface area contributed by atoms with Crippen LogP contribution in [0.25, 0.3) is 0 Å². The van der Waals surface area contributed by atoms with Gasteiger partial charge in [-0.15, -0.1) is 6.58 Å². The van der Waals surface area contributed by atoms with E-state index in [2.05, 4.69) is 6.58 Å². The van der Waals surface area contributed by atoms with Gasteiger partial charge in [0.1, 0.15) is 0 Å². The Hall–Kier alpha value is -1.38. The number of ether oxygens (including phenoxy) is 1. The predicted molar refractivity (Wildman–Crippen MR) is 97.9 cm³/mol. The molecule has 0 saturated heterocycles. The summed E-state index contributed by atoms with van der Waals surface area (Å²) in [7, 11) is 0. The summed E-state index contributed by atoms with van der Waals surface area (Å²) in [4.78, 5) is 0. The number of hydrogen-bond acceptors (Lipinski definition) is 1. The molecule has 1 aromatic carbocycles. The standard InChI is InChI=1S/C22H30F2O/c1-2-3-15-25-20-14-13-19(21(23)22(20)24)18-11-9-17(10-12-18)16-7-5-4-6-8-16/h2,13-14,16-18H,1,3-12,15H2. The Morgan fingerprint density at radius 3 is 2.28 bits per heavy atom. The summed E-state index contributed by atoms with van der Waals surface area (Å²) in [6.45, 7) is 3.92. The van der Waals surface area contributed by atoms with Gasteiger partial charge in [-0.25, -0.2) is 4.39 Å². The molecule has 2 fully saturated rings. The predicted octanol–water partition coefficient (Wildman–Crippen LogP) is 6.77. The fourth-order valence-corrected chi connectivity index (χ4v) is 4.73. The van der Waals surface area contributed by atoms with E-state index in [1.165, 1.54) is 32.1 Å². The first-order valence-corrected chi connectivity index (χ1v) is 9.92. The van der Waals surface area contributed by atoms with Crippen LogP contribution in [0, 0.1) is 23.5 Å². The molecule has 0 bridgehead atoms. The lowest BCUT2D eigenvalue weighted by Crippen LogP contribution is -2.23. The van der Waals surface area contributed by atoms with Gasteiger partial charge in [0.2, 0.25) is 5.82 Å². The second-order valence-corrected chi connectivity index (χ2v) is 7.72. The fraction of sp³-hybridized carbons (Fsp3) is 0.636. The van der Waals surface area contributed by atoms with Crippen molar-refractivity contribution in [3.63, 3.8) is 0 Å². The lowest BCUT2D eigenvalue weighted by atomic mass is 9.70. The molecule has 0 N–H and O–H groups in total. The molecular formula is C22H30F2O. The summed E-state index contributed by atoms with van der Waals surface area (Å²) in [6.07, 6.45) is 13.5. The third kappa shape index (κ3) is 4.43. The molecule has 0 heterocycles. The van der Waals surface area contributed by atoms with E-state index in [9.17, 15) is 8.78 Å². The molecule has 0 amide bonds. The van der Waals surface area contributed by atoms with Crippen molar-refractivity contribution < 1.29 is 13.5 Å². The van der Waals surface area contributed by atoms with Gasteiger partial charge in [0, 0.05) is 0 Å². The largest absolute Gasteiger partial charge is 0.490 e. The van der Waals surface area contributed by atoms with Gasteiger partial charge in [-0.05, 0) is 61.5 Å². The molecule has 0 unspecified atom stereocenters. The Labute approximate surface area is 150 Å². The summed E-state index contributed by atoms with van der Waals surface area (Å²) in [5.74, 6) is 0.284. The van der Waals surface area contributed by atoms with Gasteiger partial charge in [0.15, 0.2) is 11.6 Å². The number of hydrogen-bond donors (Lipinski definition) is 0. The summed E-state index contributed by atoms with van der Waals surface area (Å²) in [5.41, 5.74) is 0.538. The normalized spacial score (nSPS) is 24.9. The quantitative estimate of drug-likeness (QED) is 0.407. The number of benzene rings is 1. The van der Waals surface area contributed by atoms with Crippen molar-refractivity contribution in [3.05, 3.63) is 42.0 Å². The van der Waals surface area contributed by atoms with Crippen molar-refractivity contribution in [3.8, 4) is 5.75 Å². The average Bonchev–Trinajstić information content (AvgIpc) is 2.66. The van der Waals surface area contributed by atoms with E-state index in [1.54, 1.807) is 18.2 Å². The zero-order valence-corrected chi connectivity index (χ0v) is 15.1. The monoisotopic (exact) mass is 348 g/mol. The lowest BCUT2D eigenvalue weighted by molar-refractivity contribution is 0.184. The van der Waals surface area contributed by atoms with Crippen LogP contribution in [0.1, 0.15) is 75.7 Å². The molecule has 0 radical (unpaired) electrons. The van der Waals surface area contributed by atoms with E-state index >= 15 is 0 Å². The van der Waals surface area contributed by atoms with Gasteiger partial charge in [0.05, 0.1) is 6.61 Å². The molecule has 0 aromatic heterocycles. The van der Waals surface area contributed by atoms with Crippen LogP contribution in [0.2, 0.25) is 0 Å². The number of halogens is 2. The Morgan fingerprint density at radius 2 is 1.60 bits per heavy atom. The first-order chi connectivity index (χ1) is 12.2. The van der Waals surface area contributed by atoms with E-state index in [4.69, 9.17) is 4.74 Å². The van der Waals surface area contributed by atoms with Gasteiger partial charge in [0.25, 0.3) is 0 Å². The van der Waals surface area contributed by atoms with Crippen molar-refractivity contribution in [2.75, 3.05) is 6.61 Å². The molecule has 2 saturated carbocycles. The molecule has 0 atom stereocenters. The SMILES string of the molecule is C=CCCOc1ccc(C2CCC(C3CCCCC3)CC2)c(F)c1F. The van der Waals surface area contributed by atoms with Crippen LogP contribution in [-0.4, -0.2) is 6.61 Å². The van der Waals surface area contributed by atoms with Gasteiger partial charge in [-0.1, -0.05) is 44.2 Å². The molecule has 25 heavy (non-hydrogen) atoms. The highest BCUT2D eigenvalue weighted by Gasteiger charge is 2.31. The van der Waals surface area contributed by atoms with Crippen molar-refractivity contribution in [2.24, 2.45) is 11.8 Å². The van der Waals surface area contributed by atoms with E-state index in [0.717, 1.165) is 37.5 Å². The maximum Gasteiger partial charge on any atom is 0.200 e. The second kappa shape index (κ2) is 8.82. The molecule has 3 heteroatoms. The van der Waals surface area contributed by atoms with Gasteiger partial charge < -0.3 is 4.74 Å². The van der Waals surface area contributed by atoms with Crippen LogP contribution in [0.3, 0.4) is 0 Å². The minimum atomic E-state index is -0.837. The van der Waals surface area contributed by atoms with Crippen molar-refractivity contribution in [2.45, 2.75) is 70.1 Å². The summed E-state index contributed by atoms with van der Waals surface area (Å²) < 4.78 is 34.1. The van der Waals surface area contributed by atoms with Crippen molar-refractivity contribution in [1.29, 1.82) is 0 Å². The van der Waals surface area contributed by atoms with Crippen LogP contribution in [0.15, 0.2) is 24.8 Å². The van der Waals surface area contributed by atoms with Crippen molar-refractivity contribution >= 4 is 0 Å². The second-order valence-electron chi connectivity index (χ2n) is 7.72. The van der Waals surface area contributed by atoms with Crippen molar-refractivity contribution in [1.82, 2.24) is 0 Å². The molecule has 2 aliphatic rings. The summed E-state index contributed by atoms with van der Waals surface area (Å²) in [6, 6.07) is 3.32. The van der Waals surface area contributed by atoms with E-state index in [-0.39, 0.29) is 11.7 Å². The van der Waals surface area contributed by atoms with E-state index in [0.29, 0.717) is 18.6 Å². The highest BCUT2D eigenvalue weighted by Crippen LogP contribution is 2.44. The molecule has 3 rings (SSSR count). The third-order valence-corrected chi connectivity index (χ3v) is 6.18. The average molecular weight is 348 g/mol. The number of rotatable bonds is 6. The summed E-state index contributed by atoms with van der Waals surface area (Å²) in [5, 5.41) is 0. The molecule has 1 nitrogen and oxygen atoms in total. The van der Waals surface area contributed by atoms with Crippen LogP contribution >= 0.6 is 0 Å². The van der Waals surface area contributed by atoms with E-state index in [1.807, 2.05) is 0 Å². The van der Waals surface area contributed by atoms with E-state index < -0.39 is 11.6 Å². The molecule has 1 aromatic rings. The van der Waals surface area contributed by atoms with Crippen LogP contribution < -0.4 is 4.74 Å². The Kier molecular flexibility index (Phi) is 6.50. The fourth-order valence-electron chi connectivity index (χ4n) is 4.73. The molecule has 0 aliphatic heterocycles. The maximum absolute atomic E-state index is 14.5. The van der Waals surface area contributed by atoms with Gasteiger partial charge in [-0.2, -0.15) is 4.39 Å². The molecular weight excluding hydrogens is 318 g/mol. The van der Waals surface area contributed by atoms with Crippen LogP contribution in [0.5, 0.6) is 5.75 Å². The van der Waals surface area contributed by atoms with Gasteiger partial charge in [-0.3, -0.25) is 0 Å². The first-order valence-electron chi connectivity index (χ1n) is 9.92. The molecule has 2 aliphatic carbocycles. The topological polar surface area (TPSA) is 9.23 Å². The minimum Gasteiger partial charge on any atom is -0.490 e. The zero-order valence-electron chi connectivity index (χ0n) is 15.1. The Balaban J connectivity index is 1.60. The highest BCUT2D eigenvalue weighted by molar-refractivity contribution is 5.33. The maximum atomic E-state index is 14.5. The molecule has 138 valence electrons. The summed E-state index contributed by atoms with van der Waals surface area (Å²) >= 11 is 0. The minimum absolute atomic E-state index is 0.0130. The first kappa shape index (κ1) is 18.4. The smallest absolute Gasteiger partial charge is 0.200 e. The zero-order chi connectivity index (χ0) is 17.6. The lowest BCUT2D eigenvalue weighted by Gasteiger charge is -2.36. The van der Waals surface area contributed by atoms with Crippen LogP contribution in [0.4, 0.5) is 8.78 Å². The van der Waals surface area contributed by atoms with Gasteiger partial charge >= 0.3 is 0 Å². The molecule has 0 spiro atoms.